The largest absolute Gasteiger partial charge is 0.445 e. The number of aliphatic hydroxyl groups excluding tert-OH is 1. The molecule has 2 aromatic carbocycles. The van der Waals surface area contributed by atoms with Crippen LogP contribution in [0.1, 0.15) is 30.9 Å². The maximum Gasteiger partial charge on any atom is 0.410 e. The molecule has 4 nitrogen and oxygen atoms in total. The summed E-state index contributed by atoms with van der Waals surface area (Å²) in [5, 5.41) is 9.08. The van der Waals surface area contributed by atoms with Crippen molar-refractivity contribution >= 4 is 22.0 Å². The first-order valence-electron chi connectivity index (χ1n) is 8.43. The van der Waals surface area contributed by atoms with Crippen molar-refractivity contribution in [3.63, 3.8) is 0 Å². The van der Waals surface area contributed by atoms with E-state index >= 15 is 0 Å². The number of nitrogens with zero attached hydrogens (tertiary/aromatic N) is 1. The van der Waals surface area contributed by atoms with E-state index in [1.165, 1.54) is 0 Å². The summed E-state index contributed by atoms with van der Waals surface area (Å²) in [5.74, 6) is 0. The summed E-state index contributed by atoms with van der Waals surface area (Å²) in [4.78, 5) is 14.4. The van der Waals surface area contributed by atoms with E-state index in [1.807, 2.05) is 61.5 Å². The van der Waals surface area contributed by atoms with Gasteiger partial charge in [-0.1, -0.05) is 64.5 Å². The molecule has 2 aromatic rings. The van der Waals surface area contributed by atoms with Gasteiger partial charge in [0.1, 0.15) is 6.61 Å². The number of halogens is 1. The predicted octanol–water partition coefficient (Wildman–Crippen LogP) is 4.75. The minimum absolute atomic E-state index is 0.0254. The van der Waals surface area contributed by atoms with Crippen molar-refractivity contribution in [3.05, 3.63) is 70.2 Å². The number of ether oxygens (including phenoxy) is 1. The van der Waals surface area contributed by atoms with Crippen molar-refractivity contribution in [2.75, 3.05) is 6.61 Å². The summed E-state index contributed by atoms with van der Waals surface area (Å²) >= 11 is 3.53. The standard InChI is InChI=1S/C20H24BrNO3/c1-16(8-7-13-23)22(14-18-11-5-6-12-19(18)21)20(24)25-15-17-9-3-2-4-10-17/h2-6,9-12,16,23H,7-8,13-15H2,1H3. The average molecular weight is 406 g/mol. The number of hydrogen-bond donors (Lipinski definition) is 1. The highest BCUT2D eigenvalue weighted by molar-refractivity contribution is 9.10. The van der Waals surface area contributed by atoms with Crippen LogP contribution >= 0.6 is 15.9 Å². The molecule has 0 aliphatic carbocycles. The van der Waals surface area contributed by atoms with Gasteiger partial charge < -0.3 is 14.7 Å². The van der Waals surface area contributed by atoms with Gasteiger partial charge in [-0.3, -0.25) is 0 Å². The molecule has 0 aromatic heterocycles. The van der Waals surface area contributed by atoms with E-state index in [4.69, 9.17) is 9.84 Å². The van der Waals surface area contributed by atoms with Crippen molar-refractivity contribution in [3.8, 4) is 0 Å². The summed E-state index contributed by atoms with van der Waals surface area (Å²) < 4.78 is 6.48. The number of amides is 1. The van der Waals surface area contributed by atoms with E-state index in [2.05, 4.69) is 15.9 Å². The Morgan fingerprint density at radius 3 is 2.52 bits per heavy atom. The zero-order chi connectivity index (χ0) is 18.1. The van der Waals surface area contributed by atoms with Crippen LogP contribution in [-0.2, 0) is 17.9 Å². The fourth-order valence-corrected chi connectivity index (χ4v) is 2.97. The molecule has 25 heavy (non-hydrogen) atoms. The topological polar surface area (TPSA) is 49.8 Å². The van der Waals surface area contributed by atoms with Crippen LogP contribution in [0.25, 0.3) is 0 Å². The molecule has 0 aliphatic heterocycles. The Balaban J connectivity index is 2.07. The van der Waals surface area contributed by atoms with Gasteiger partial charge in [0.25, 0.3) is 0 Å². The van der Waals surface area contributed by atoms with Crippen LogP contribution in [0, 0.1) is 0 Å². The molecular formula is C20H24BrNO3. The molecule has 0 saturated carbocycles. The monoisotopic (exact) mass is 405 g/mol. The van der Waals surface area contributed by atoms with Gasteiger partial charge in [-0.05, 0) is 37.0 Å². The molecule has 1 N–H and O–H groups in total. The van der Waals surface area contributed by atoms with Gasteiger partial charge in [0, 0.05) is 17.1 Å². The van der Waals surface area contributed by atoms with Crippen LogP contribution in [0.5, 0.6) is 0 Å². The average Bonchev–Trinajstić information content (AvgIpc) is 2.64. The molecule has 134 valence electrons. The fourth-order valence-electron chi connectivity index (χ4n) is 2.56. The second-order valence-corrected chi connectivity index (χ2v) is 6.83. The highest BCUT2D eigenvalue weighted by atomic mass is 79.9. The molecular weight excluding hydrogens is 382 g/mol. The van der Waals surface area contributed by atoms with E-state index in [0.29, 0.717) is 13.0 Å². The lowest BCUT2D eigenvalue weighted by molar-refractivity contribution is 0.0767. The zero-order valence-corrected chi connectivity index (χ0v) is 16.0. The quantitative estimate of drug-likeness (QED) is 0.689. The van der Waals surface area contributed by atoms with Gasteiger partial charge in [0.2, 0.25) is 0 Å². The molecule has 1 amide bonds. The van der Waals surface area contributed by atoms with Crippen LogP contribution in [0.2, 0.25) is 0 Å². The van der Waals surface area contributed by atoms with Crippen LogP contribution in [0.4, 0.5) is 4.79 Å². The van der Waals surface area contributed by atoms with Crippen molar-refractivity contribution < 1.29 is 14.6 Å². The zero-order valence-electron chi connectivity index (χ0n) is 14.4. The molecule has 1 unspecified atom stereocenters. The van der Waals surface area contributed by atoms with Gasteiger partial charge in [-0.15, -0.1) is 0 Å². The van der Waals surface area contributed by atoms with Gasteiger partial charge >= 0.3 is 6.09 Å². The van der Waals surface area contributed by atoms with E-state index in [-0.39, 0.29) is 25.3 Å². The third-order valence-corrected chi connectivity index (χ3v) is 4.82. The Hall–Kier alpha value is -1.85. The minimum Gasteiger partial charge on any atom is -0.445 e. The molecule has 5 heteroatoms. The second kappa shape index (κ2) is 10.2. The first kappa shape index (κ1) is 19.5. The Morgan fingerprint density at radius 2 is 1.84 bits per heavy atom. The maximum atomic E-state index is 12.7. The van der Waals surface area contributed by atoms with Crippen LogP contribution < -0.4 is 0 Å². The number of carbonyl (C=O) groups is 1. The van der Waals surface area contributed by atoms with Crippen LogP contribution in [0.3, 0.4) is 0 Å². The summed E-state index contributed by atoms with van der Waals surface area (Å²) in [6.07, 6.45) is 1.03. The van der Waals surface area contributed by atoms with E-state index in [1.54, 1.807) is 4.90 Å². The van der Waals surface area contributed by atoms with Gasteiger partial charge in [-0.2, -0.15) is 0 Å². The molecule has 0 heterocycles. The fraction of sp³-hybridized carbons (Fsp3) is 0.350. The van der Waals surface area contributed by atoms with E-state index in [0.717, 1.165) is 22.0 Å². The first-order valence-corrected chi connectivity index (χ1v) is 9.22. The lowest BCUT2D eigenvalue weighted by atomic mass is 10.1. The molecule has 0 spiro atoms. The maximum absolute atomic E-state index is 12.7. The summed E-state index contributed by atoms with van der Waals surface area (Å²) in [5.41, 5.74) is 1.98. The Labute approximate surface area is 157 Å². The van der Waals surface area contributed by atoms with Crippen molar-refractivity contribution in [1.29, 1.82) is 0 Å². The number of benzene rings is 2. The van der Waals surface area contributed by atoms with Crippen LogP contribution in [0.15, 0.2) is 59.1 Å². The third kappa shape index (κ3) is 6.18. The lowest BCUT2D eigenvalue weighted by Crippen LogP contribution is -2.38. The lowest BCUT2D eigenvalue weighted by Gasteiger charge is -2.29. The van der Waals surface area contributed by atoms with Crippen molar-refractivity contribution in [2.24, 2.45) is 0 Å². The second-order valence-electron chi connectivity index (χ2n) is 5.97. The Kier molecular flexibility index (Phi) is 7.95. The Bertz CT molecular complexity index is 663. The van der Waals surface area contributed by atoms with Gasteiger partial charge in [0.15, 0.2) is 0 Å². The molecule has 2 rings (SSSR count). The molecule has 0 radical (unpaired) electrons. The number of rotatable bonds is 8. The molecule has 0 saturated heterocycles. The van der Waals surface area contributed by atoms with E-state index < -0.39 is 0 Å². The molecule has 0 fully saturated rings. The number of carbonyl (C=O) groups excluding carboxylic acids is 1. The molecule has 0 aliphatic rings. The highest BCUT2D eigenvalue weighted by Gasteiger charge is 2.22. The minimum atomic E-state index is -0.343. The summed E-state index contributed by atoms with van der Waals surface area (Å²) in [6.45, 7) is 2.81. The SMILES string of the molecule is CC(CCCO)N(Cc1ccccc1Br)C(=O)OCc1ccccc1. The smallest absolute Gasteiger partial charge is 0.410 e. The number of hydrogen-bond acceptors (Lipinski definition) is 3. The highest BCUT2D eigenvalue weighted by Crippen LogP contribution is 2.21. The molecule has 0 bridgehead atoms. The Morgan fingerprint density at radius 1 is 1.16 bits per heavy atom. The predicted molar refractivity (Wildman–Crippen MR) is 102 cm³/mol. The van der Waals surface area contributed by atoms with Crippen LogP contribution in [-0.4, -0.2) is 28.7 Å². The summed E-state index contributed by atoms with van der Waals surface area (Å²) in [7, 11) is 0. The van der Waals surface area contributed by atoms with Crippen molar-refractivity contribution in [1.82, 2.24) is 4.90 Å². The first-order chi connectivity index (χ1) is 12.1. The third-order valence-electron chi connectivity index (χ3n) is 4.05. The van der Waals surface area contributed by atoms with E-state index in [9.17, 15) is 4.79 Å². The summed E-state index contributed by atoms with van der Waals surface area (Å²) in [6, 6.07) is 17.5. The number of aliphatic hydroxyl groups is 1. The van der Waals surface area contributed by atoms with Crippen molar-refractivity contribution in [2.45, 2.75) is 39.0 Å². The van der Waals surface area contributed by atoms with Gasteiger partial charge in [0.05, 0.1) is 6.54 Å². The molecule has 1 atom stereocenters. The van der Waals surface area contributed by atoms with Gasteiger partial charge in [-0.25, -0.2) is 4.79 Å². The normalized spacial score (nSPS) is 11.8.